The Balaban J connectivity index is 1.73. The predicted octanol–water partition coefficient (Wildman–Crippen LogP) is 5.00. The summed E-state index contributed by atoms with van der Waals surface area (Å²) in [6, 6.07) is 14.9. The topological polar surface area (TPSA) is 66.9 Å². The summed E-state index contributed by atoms with van der Waals surface area (Å²) in [5, 5.41) is 6.50. The summed E-state index contributed by atoms with van der Waals surface area (Å²) in [5.74, 6) is 0.0422. The average molecular weight is 367 g/mol. The third-order valence-electron chi connectivity index (χ3n) is 3.94. The molecule has 0 aliphatic carbocycles. The average Bonchev–Trinajstić information content (AvgIpc) is 2.65. The number of anilines is 3. The van der Waals surface area contributed by atoms with Crippen LogP contribution in [-0.2, 0) is 6.42 Å². The van der Waals surface area contributed by atoms with E-state index >= 15 is 0 Å². The standard InChI is InChI=1S/C20H19ClN4O/c1-3-14-5-8-15(9-6-14)24-20-22-11-10-18(25-20)19(26)23-16-7-4-13(2)17(21)12-16/h4-12H,3H2,1-2H3,(H,23,26)(H,22,24,25). The second kappa shape index (κ2) is 7.97. The molecule has 0 aliphatic heterocycles. The summed E-state index contributed by atoms with van der Waals surface area (Å²) in [6.07, 6.45) is 2.53. The predicted molar refractivity (Wildman–Crippen MR) is 105 cm³/mol. The van der Waals surface area contributed by atoms with Crippen LogP contribution in [-0.4, -0.2) is 15.9 Å². The van der Waals surface area contributed by atoms with E-state index in [1.807, 2.05) is 37.3 Å². The van der Waals surface area contributed by atoms with Crippen molar-refractivity contribution in [2.45, 2.75) is 20.3 Å². The Morgan fingerprint density at radius 3 is 2.50 bits per heavy atom. The fraction of sp³-hybridized carbons (Fsp3) is 0.150. The van der Waals surface area contributed by atoms with Gasteiger partial charge in [-0.3, -0.25) is 4.79 Å². The minimum Gasteiger partial charge on any atom is -0.324 e. The molecule has 0 atom stereocenters. The number of carbonyl (C=O) groups is 1. The molecule has 3 rings (SSSR count). The zero-order valence-electron chi connectivity index (χ0n) is 14.6. The molecular weight excluding hydrogens is 348 g/mol. The van der Waals surface area contributed by atoms with E-state index < -0.39 is 0 Å². The number of carbonyl (C=O) groups excluding carboxylic acids is 1. The van der Waals surface area contributed by atoms with Gasteiger partial charge < -0.3 is 10.6 Å². The number of halogens is 1. The van der Waals surface area contributed by atoms with Crippen molar-refractivity contribution in [2.75, 3.05) is 10.6 Å². The van der Waals surface area contributed by atoms with Crippen molar-refractivity contribution in [3.8, 4) is 0 Å². The SMILES string of the molecule is CCc1ccc(Nc2nccc(C(=O)Nc3ccc(C)c(Cl)c3)n2)cc1. The first-order chi connectivity index (χ1) is 12.5. The van der Waals surface area contributed by atoms with Gasteiger partial charge >= 0.3 is 0 Å². The second-order valence-corrected chi connectivity index (χ2v) is 6.27. The third-order valence-corrected chi connectivity index (χ3v) is 4.34. The Hall–Kier alpha value is -2.92. The zero-order valence-corrected chi connectivity index (χ0v) is 15.3. The molecule has 2 N–H and O–H groups in total. The van der Waals surface area contributed by atoms with Gasteiger partial charge in [0.2, 0.25) is 5.95 Å². The minimum atomic E-state index is -0.322. The third kappa shape index (κ3) is 4.37. The summed E-state index contributed by atoms with van der Waals surface area (Å²) >= 11 is 6.09. The summed E-state index contributed by atoms with van der Waals surface area (Å²) in [6.45, 7) is 4.01. The number of aryl methyl sites for hydroxylation is 2. The highest BCUT2D eigenvalue weighted by atomic mass is 35.5. The van der Waals surface area contributed by atoms with Crippen LogP contribution >= 0.6 is 11.6 Å². The summed E-state index contributed by atoms with van der Waals surface area (Å²) in [7, 11) is 0. The highest BCUT2D eigenvalue weighted by molar-refractivity contribution is 6.31. The summed E-state index contributed by atoms with van der Waals surface area (Å²) in [5.41, 5.74) is 3.96. The molecular formula is C20H19ClN4O. The van der Waals surface area contributed by atoms with Gasteiger partial charge in [0.05, 0.1) is 0 Å². The van der Waals surface area contributed by atoms with Crippen LogP contribution in [0.15, 0.2) is 54.7 Å². The van der Waals surface area contributed by atoms with Gasteiger partial charge in [0.1, 0.15) is 5.69 Å². The van der Waals surface area contributed by atoms with Crippen LogP contribution in [0.25, 0.3) is 0 Å². The van der Waals surface area contributed by atoms with Crippen LogP contribution in [0.1, 0.15) is 28.5 Å². The van der Waals surface area contributed by atoms with Crippen LogP contribution < -0.4 is 10.6 Å². The quantitative estimate of drug-likeness (QED) is 0.667. The Bertz CT molecular complexity index is 925. The lowest BCUT2D eigenvalue weighted by atomic mass is 10.1. The van der Waals surface area contributed by atoms with E-state index in [-0.39, 0.29) is 11.6 Å². The van der Waals surface area contributed by atoms with E-state index in [0.717, 1.165) is 17.7 Å². The van der Waals surface area contributed by atoms with Gasteiger partial charge in [-0.1, -0.05) is 36.7 Å². The van der Waals surface area contributed by atoms with E-state index in [0.29, 0.717) is 16.7 Å². The van der Waals surface area contributed by atoms with E-state index in [2.05, 4.69) is 27.5 Å². The first-order valence-electron chi connectivity index (χ1n) is 8.31. The number of amides is 1. The monoisotopic (exact) mass is 366 g/mol. The first-order valence-corrected chi connectivity index (χ1v) is 8.69. The second-order valence-electron chi connectivity index (χ2n) is 5.86. The number of hydrogen-bond acceptors (Lipinski definition) is 4. The molecule has 26 heavy (non-hydrogen) atoms. The van der Waals surface area contributed by atoms with Crippen molar-refractivity contribution in [3.63, 3.8) is 0 Å². The van der Waals surface area contributed by atoms with Gasteiger partial charge in [-0.25, -0.2) is 9.97 Å². The van der Waals surface area contributed by atoms with Gasteiger partial charge in [-0.15, -0.1) is 0 Å². The van der Waals surface area contributed by atoms with Crippen LogP contribution in [0, 0.1) is 6.92 Å². The maximum Gasteiger partial charge on any atom is 0.274 e. The number of aromatic nitrogens is 2. The molecule has 1 aromatic heterocycles. The van der Waals surface area contributed by atoms with Crippen molar-refractivity contribution in [3.05, 3.63) is 76.6 Å². The van der Waals surface area contributed by atoms with Gasteiger partial charge in [0, 0.05) is 22.6 Å². The van der Waals surface area contributed by atoms with Gasteiger partial charge in [-0.05, 0) is 54.8 Å². The smallest absolute Gasteiger partial charge is 0.274 e. The fourth-order valence-electron chi connectivity index (χ4n) is 2.36. The van der Waals surface area contributed by atoms with Crippen LogP contribution in [0.4, 0.5) is 17.3 Å². The molecule has 0 aliphatic rings. The highest BCUT2D eigenvalue weighted by Gasteiger charge is 2.10. The lowest BCUT2D eigenvalue weighted by Gasteiger charge is -2.09. The maximum absolute atomic E-state index is 12.4. The van der Waals surface area contributed by atoms with Crippen LogP contribution in [0.3, 0.4) is 0 Å². The molecule has 3 aromatic rings. The number of nitrogens with one attached hydrogen (secondary N) is 2. The number of benzene rings is 2. The Morgan fingerprint density at radius 1 is 1.08 bits per heavy atom. The molecule has 0 fully saturated rings. The molecule has 1 heterocycles. The van der Waals surface area contributed by atoms with Gasteiger partial charge in [0.15, 0.2) is 0 Å². The molecule has 0 saturated heterocycles. The molecule has 2 aromatic carbocycles. The number of hydrogen-bond donors (Lipinski definition) is 2. The normalized spacial score (nSPS) is 10.4. The van der Waals surface area contributed by atoms with E-state index in [9.17, 15) is 4.79 Å². The zero-order chi connectivity index (χ0) is 18.5. The number of rotatable bonds is 5. The minimum absolute atomic E-state index is 0.268. The van der Waals surface area contributed by atoms with Gasteiger partial charge in [-0.2, -0.15) is 0 Å². The van der Waals surface area contributed by atoms with Crippen molar-refractivity contribution in [2.24, 2.45) is 0 Å². The maximum atomic E-state index is 12.4. The molecule has 6 heteroatoms. The van der Waals surface area contributed by atoms with E-state index in [1.54, 1.807) is 24.4 Å². The first kappa shape index (κ1) is 17.9. The van der Waals surface area contributed by atoms with Crippen LogP contribution in [0.5, 0.6) is 0 Å². The lowest BCUT2D eigenvalue weighted by Crippen LogP contribution is -2.14. The largest absolute Gasteiger partial charge is 0.324 e. The lowest BCUT2D eigenvalue weighted by molar-refractivity contribution is 0.102. The molecule has 132 valence electrons. The van der Waals surface area contributed by atoms with Crippen molar-refractivity contribution in [1.29, 1.82) is 0 Å². The molecule has 5 nitrogen and oxygen atoms in total. The molecule has 0 unspecified atom stereocenters. The highest BCUT2D eigenvalue weighted by Crippen LogP contribution is 2.20. The molecule has 1 amide bonds. The fourth-order valence-corrected chi connectivity index (χ4v) is 2.54. The summed E-state index contributed by atoms with van der Waals surface area (Å²) in [4.78, 5) is 20.9. The Labute approximate surface area is 157 Å². The molecule has 0 spiro atoms. The van der Waals surface area contributed by atoms with Crippen molar-refractivity contribution in [1.82, 2.24) is 9.97 Å². The molecule has 0 bridgehead atoms. The summed E-state index contributed by atoms with van der Waals surface area (Å²) < 4.78 is 0. The Morgan fingerprint density at radius 2 is 1.81 bits per heavy atom. The van der Waals surface area contributed by atoms with Crippen molar-refractivity contribution >= 4 is 34.8 Å². The number of nitrogens with zero attached hydrogens (tertiary/aromatic N) is 2. The van der Waals surface area contributed by atoms with E-state index in [1.165, 1.54) is 5.56 Å². The van der Waals surface area contributed by atoms with Gasteiger partial charge in [0.25, 0.3) is 5.91 Å². The van der Waals surface area contributed by atoms with Crippen LogP contribution in [0.2, 0.25) is 5.02 Å². The Kier molecular flexibility index (Phi) is 5.49. The molecule has 0 saturated carbocycles. The molecule has 0 radical (unpaired) electrons. The van der Waals surface area contributed by atoms with Crippen molar-refractivity contribution < 1.29 is 4.79 Å². The van der Waals surface area contributed by atoms with E-state index in [4.69, 9.17) is 11.6 Å².